The van der Waals surface area contributed by atoms with Gasteiger partial charge in [-0.3, -0.25) is 18.3 Å². The minimum Gasteiger partial charge on any atom is -0.503 e. The topological polar surface area (TPSA) is 92.5 Å². The van der Waals surface area contributed by atoms with Crippen molar-refractivity contribution >= 4 is 16.6 Å². The summed E-state index contributed by atoms with van der Waals surface area (Å²) in [5.41, 5.74) is -0.0154. The molecule has 34 heavy (non-hydrogen) atoms. The lowest BCUT2D eigenvalue weighted by molar-refractivity contribution is -0.276. The van der Waals surface area contributed by atoms with Gasteiger partial charge in [-0.25, -0.2) is 9.37 Å². The third-order valence-electron chi connectivity index (χ3n) is 6.29. The Balaban J connectivity index is 1.55. The van der Waals surface area contributed by atoms with Crippen molar-refractivity contribution in [2.45, 2.75) is 44.3 Å². The highest BCUT2D eigenvalue weighted by molar-refractivity contribution is 8.23. The number of aromatic nitrogens is 1. The van der Waals surface area contributed by atoms with E-state index in [-0.39, 0.29) is 18.3 Å². The fourth-order valence-electron chi connectivity index (χ4n) is 4.85. The third-order valence-corrected chi connectivity index (χ3v) is 8.35. The van der Waals surface area contributed by atoms with Crippen LogP contribution in [-0.2, 0) is 6.54 Å². The second kappa shape index (κ2) is 8.72. The molecular weight excluding hydrogens is 480 g/mol. The van der Waals surface area contributed by atoms with Gasteiger partial charge in [-0.2, -0.15) is 4.31 Å². The summed E-state index contributed by atoms with van der Waals surface area (Å²) in [6, 6.07) is 8.12. The highest BCUT2D eigenvalue weighted by Gasteiger charge is 2.55. The molecule has 188 valence electrons. The van der Waals surface area contributed by atoms with E-state index >= 15 is 0 Å². The van der Waals surface area contributed by atoms with Crippen LogP contribution in [0.3, 0.4) is 0 Å². The number of halogens is 4. The molecule has 3 heterocycles. The van der Waals surface area contributed by atoms with E-state index < -0.39 is 40.3 Å². The van der Waals surface area contributed by atoms with Crippen LogP contribution in [0.5, 0.6) is 11.6 Å². The molecule has 0 saturated carbocycles. The summed E-state index contributed by atoms with van der Waals surface area (Å²) in [5.74, 6) is -2.11. The average molecular weight is 507 g/mol. The Kier molecular flexibility index (Phi) is 6.36. The zero-order valence-electron chi connectivity index (χ0n) is 18.5. The first kappa shape index (κ1) is 24.8. The second-order valence-corrected chi connectivity index (χ2v) is 10.7. The number of rotatable bonds is 4. The summed E-state index contributed by atoms with van der Waals surface area (Å²) in [4.78, 5) is 5.82. The number of piperidine rings is 1. The van der Waals surface area contributed by atoms with Crippen molar-refractivity contribution in [3.05, 3.63) is 47.9 Å². The Morgan fingerprint density at radius 1 is 1.24 bits per heavy atom. The predicted octanol–water partition coefficient (Wildman–Crippen LogP) is 4.58. The van der Waals surface area contributed by atoms with Crippen molar-refractivity contribution in [1.29, 1.82) is 0 Å². The molecule has 0 bridgehead atoms. The number of aromatic hydroxyl groups is 1. The number of hydrogen-bond acceptors (Lipinski definition) is 8. The van der Waals surface area contributed by atoms with Gasteiger partial charge in [0.1, 0.15) is 5.82 Å². The van der Waals surface area contributed by atoms with E-state index in [4.69, 9.17) is 0 Å². The second-order valence-electron chi connectivity index (χ2n) is 8.72. The smallest absolute Gasteiger partial charge is 0.503 e. The SMILES string of the molecule is C[C@H]1C[C@]2(CCN1Cc1ccc(O)c(OC(F)(F)F)n1)CN(C)S(O)(O)N2c1cccc(F)c1. The molecule has 3 N–H and O–H groups in total. The first-order valence-corrected chi connectivity index (χ1v) is 12.0. The van der Waals surface area contributed by atoms with Crippen molar-refractivity contribution in [1.82, 2.24) is 14.2 Å². The van der Waals surface area contributed by atoms with Gasteiger partial charge < -0.3 is 9.84 Å². The number of pyridine rings is 1. The molecule has 1 spiro atoms. The predicted molar refractivity (Wildman–Crippen MR) is 119 cm³/mol. The largest absolute Gasteiger partial charge is 0.574 e. The summed E-state index contributed by atoms with van der Waals surface area (Å²) in [6.45, 7) is 2.97. The maximum atomic E-state index is 14.0. The number of ether oxygens (including phenoxy) is 1. The van der Waals surface area contributed by atoms with Gasteiger partial charge in [0.2, 0.25) is 0 Å². The van der Waals surface area contributed by atoms with Crippen LogP contribution in [0.15, 0.2) is 36.4 Å². The van der Waals surface area contributed by atoms with Crippen LogP contribution in [0.1, 0.15) is 25.5 Å². The number of hydrogen-bond donors (Lipinski definition) is 3. The fourth-order valence-corrected chi connectivity index (χ4v) is 6.68. The number of nitrogens with zero attached hydrogens (tertiary/aromatic N) is 4. The summed E-state index contributed by atoms with van der Waals surface area (Å²) in [6.07, 6.45) is -3.99. The Labute approximate surface area is 196 Å². The molecule has 13 heteroatoms. The maximum Gasteiger partial charge on any atom is 0.574 e. The summed E-state index contributed by atoms with van der Waals surface area (Å²) in [5, 5.41) is 9.64. The van der Waals surface area contributed by atoms with Crippen molar-refractivity contribution in [2.75, 3.05) is 24.4 Å². The van der Waals surface area contributed by atoms with E-state index in [2.05, 4.69) is 9.72 Å². The average Bonchev–Trinajstić information content (AvgIpc) is 2.90. The van der Waals surface area contributed by atoms with Gasteiger partial charge in [-0.15, -0.1) is 13.2 Å². The highest BCUT2D eigenvalue weighted by atomic mass is 32.3. The molecule has 2 atom stereocenters. The Morgan fingerprint density at radius 2 is 1.97 bits per heavy atom. The molecule has 2 saturated heterocycles. The molecule has 1 aromatic carbocycles. The normalized spacial score (nSPS) is 26.7. The first-order chi connectivity index (χ1) is 15.8. The van der Waals surface area contributed by atoms with Gasteiger partial charge in [0.15, 0.2) is 5.75 Å². The zero-order chi connectivity index (χ0) is 24.9. The molecule has 2 aromatic rings. The maximum absolute atomic E-state index is 14.0. The first-order valence-electron chi connectivity index (χ1n) is 10.5. The lowest BCUT2D eigenvalue weighted by Gasteiger charge is -2.51. The van der Waals surface area contributed by atoms with Crippen LogP contribution in [0.4, 0.5) is 23.2 Å². The molecule has 8 nitrogen and oxygen atoms in total. The fraction of sp³-hybridized carbons (Fsp3) is 0.476. The molecule has 1 aromatic heterocycles. The Bertz CT molecular complexity index is 1060. The quantitative estimate of drug-likeness (QED) is 0.519. The third kappa shape index (κ3) is 4.75. The van der Waals surface area contributed by atoms with Crippen LogP contribution in [-0.4, -0.2) is 66.5 Å². The van der Waals surface area contributed by atoms with E-state index in [0.717, 1.165) is 6.07 Å². The molecule has 0 radical (unpaired) electrons. The Morgan fingerprint density at radius 3 is 2.62 bits per heavy atom. The number of alkyl halides is 3. The van der Waals surface area contributed by atoms with Gasteiger partial charge >= 0.3 is 6.36 Å². The summed E-state index contributed by atoms with van der Waals surface area (Å²) in [7, 11) is -1.75. The van der Waals surface area contributed by atoms with E-state index in [0.29, 0.717) is 31.6 Å². The van der Waals surface area contributed by atoms with E-state index in [1.807, 2.05) is 11.8 Å². The molecule has 2 fully saturated rings. The molecule has 2 aliphatic heterocycles. The van der Waals surface area contributed by atoms with Crippen molar-refractivity contribution in [2.24, 2.45) is 0 Å². The van der Waals surface area contributed by atoms with Gasteiger partial charge in [-0.1, -0.05) is 17.0 Å². The molecule has 0 unspecified atom stereocenters. The van der Waals surface area contributed by atoms with Crippen LogP contribution >= 0.6 is 11.0 Å². The molecular formula is C21H26F4N4O4S. The monoisotopic (exact) mass is 506 g/mol. The lowest BCUT2D eigenvalue weighted by atomic mass is 9.83. The van der Waals surface area contributed by atoms with E-state index in [9.17, 15) is 31.8 Å². The summed E-state index contributed by atoms with van der Waals surface area (Å²) >= 11 is 0. The van der Waals surface area contributed by atoms with Crippen LogP contribution < -0.4 is 9.04 Å². The van der Waals surface area contributed by atoms with Crippen molar-refractivity contribution in [3.63, 3.8) is 0 Å². The molecule has 0 amide bonds. The number of anilines is 1. The molecule has 4 rings (SSSR count). The van der Waals surface area contributed by atoms with Gasteiger partial charge in [0.05, 0.1) is 16.9 Å². The summed E-state index contributed by atoms with van der Waals surface area (Å²) < 4.78 is 80.4. The van der Waals surface area contributed by atoms with Crippen LogP contribution in [0, 0.1) is 5.82 Å². The van der Waals surface area contributed by atoms with Gasteiger partial charge in [0.25, 0.3) is 5.88 Å². The van der Waals surface area contributed by atoms with E-state index in [1.165, 1.54) is 32.9 Å². The standard InChI is InChI=1S/C21H26F4N4O4S/c1-14-11-20(13-27(2)34(31,32)29(20)17-5-3-4-15(22)10-17)8-9-28(14)12-16-6-7-18(30)19(26-16)33-21(23,24)25/h3-7,10,14,30-32H,8-9,11-13H2,1-2H3/t14-,20+/m0/s1. The lowest BCUT2D eigenvalue weighted by Crippen LogP contribution is -2.57. The van der Waals surface area contributed by atoms with Crippen LogP contribution in [0.25, 0.3) is 0 Å². The number of likely N-dealkylation sites (tertiary alicyclic amines) is 1. The Hall–Kier alpha value is -2.32. The van der Waals surface area contributed by atoms with Crippen molar-refractivity contribution < 1.29 is 36.5 Å². The van der Waals surface area contributed by atoms with Gasteiger partial charge in [0, 0.05) is 32.7 Å². The van der Waals surface area contributed by atoms with E-state index in [1.54, 1.807) is 13.1 Å². The molecule has 0 aliphatic carbocycles. The minimum atomic E-state index is -4.98. The molecule has 2 aliphatic rings. The number of likely N-dealkylation sites (N-methyl/N-ethyl adjacent to an activating group) is 1. The highest BCUT2D eigenvalue weighted by Crippen LogP contribution is 2.61. The van der Waals surface area contributed by atoms with Gasteiger partial charge in [-0.05, 0) is 50.1 Å². The number of benzene rings is 1. The van der Waals surface area contributed by atoms with Crippen LogP contribution in [0.2, 0.25) is 0 Å². The minimum absolute atomic E-state index is 0.117. The zero-order valence-corrected chi connectivity index (χ0v) is 19.4. The van der Waals surface area contributed by atoms with Crippen molar-refractivity contribution in [3.8, 4) is 11.6 Å².